The normalized spacial score (nSPS) is 23.1. The largest absolute Gasteiger partial charge is 0.341 e. The predicted octanol–water partition coefficient (Wildman–Crippen LogP) is 3.88. The van der Waals surface area contributed by atoms with Crippen LogP contribution in [0.5, 0.6) is 0 Å². The first-order valence-corrected chi connectivity index (χ1v) is 7.28. The van der Waals surface area contributed by atoms with E-state index >= 15 is 0 Å². The first-order valence-electron chi connectivity index (χ1n) is 7.28. The molecule has 0 spiro atoms. The molecule has 1 saturated carbocycles. The van der Waals surface area contributed by atoms with E-state index < -0.39 is 0 Å². The quantitative estimate of drug-likeness (QED) is 0.761. The molecule has 1 amide bonds. The first-order chi connectivity index (χ1) is 9.34. The van der Waals surface area contributed by atoms with Crippen LogP contribution in [0.15, 0.2) is 42.0 Å². The highest BCUT2D eigenvalue weighted by molar-refractivity contribution is 5.83. The van der Waals surface area contributed by atoms with Crippen LogP contribution < -0.4 is 0 Å². The van der Waals surface area contributed by atoms with E-state index in [2.05, 4.69) is 45.9 Å². The molecule has 0 aliphatic heterocycles. The van der Waals surface area contributed by atoms with E-state index in [1.54, 1.807) is 0 Å². The molecule has 0 heterocycles. The Morgan fingerprint density at radius 2 is 1.85 bits per heavy atom. The number of benzene rings is 1. The minimum absolute atomic E-state index is 0.0965. The van der Waals surface area contributed by atoms with Crippen LogP contribution in [0.4, 0.5) is 0 Å². The van der Waals surface area contributed by atoms with Gasteiger partial charge in [0.15, 0.2) is 0 Å². The number of amides is 1. The highest BCUT2D eigenvalue weighted by Crippen LogP contribution is 2.60. The highest BCUT2D eigenvalue weighted by Gasteiger charge is 2.60. The lowest BCUT2D eigenvalue weighted by Gasteiger charge is -2.18. The SMILES string of the molecule is CC(C)=CC1C(C(=O)N(C)Cc2ccccc2)C1(C)C. The Morgan fingerprint density at radius 3 is 2.40 bits per heavy atom. The van der Waals surface area contributed by atoms with Crippen LogP contribution >= 0.6 is 0 Å². The molecule has 2 rings (SSSR count). The van der Waals surface area contributed by atoms with E-state index in [4.69, 9.17) is 0 Å². The number of rotatable bonds is 4. The fourth-order valence-electron chi connectivity index (χ4n) is 2.99. The van der Waals surface area contributed by atoms with Gasteiger partial charge >= 0.3 is 0 Å². The molecular formula is C18H25NO. The van der Waals surface area contributed by atoms with Crippen LogP contribution in [0.1, 0.15) is 33.3 Å². The molecule has 0 saturated heterocycles. The van der Waals surface area contributed by atoms with Crippen molar-refractivity contribution in [3.05, 3.63) is 47.5 Å². The third-order valence-electron chi connectivity index (χ3n) is 4.33. The minimum atomic E-state index is 0.0965. The summed E-state index contributed by atoms with van der Waals surface area (Å²) in [7, 11) is 1.91. The Morgan fingerprint density at radius 1 is 1.25 bits per heavy atom. The second-order valence-corrected chi connectivity index (χ2v) is 6.75. The maximum absolute atomic E-state index is 12.6. The second-order valence-electron chi connectivity index (χ2n) is 6.75. The van der Waals surface area contributed by atoms with Crippen molar-refractivity contribution in [1.29, 1.82) is 0 Å². The summed E-state index contributed by atoms with van der Waals surface area (Å²) < 4.78 is 0. The number of carbonyl (C=O) groups excluding carboxylic acids is 1. The van der Waals surface area contributed by atoms with Crippen LogP contribution in [0.2, 0.25) is 0 Å². The van der Waals surface area contributed by atoms with Crippen LogP contribution in [0.25, 0.3) is 0 Å². The van der Waals surface area contributed by atoms with Crippen LogP contribution in [-0.2, 0) is 11.3 Å². The summed E-state index contributed by atoms with van der Waals surface area (Å²) in [5.41, 5.74) is 2.57. The Bertz CT molecular complexity index is 511. The van der Waals surface area contributed by atoms with Crippen LogP contribution in [0, 0.1) is 17.3 Å². The molecule has 1 aromatic rings. The van der Waals surface area contributed by atoms with Gasteiger partial charge in [-0.2, -0.15) is 0 Å². The number of allylic oxidation sites excluding steroid dienone is 2. The number of carbonyl (C=O) groups is 1. The van der Waals surface area contributed by atoms with E-state index in [0.717, 1.165) is 0 Å². The summed E-state index contributed by atoms with van der Waals surface area (Å²) in [6, 6.07) is 10.2. The van der Waals surface area contributed by atoms with E-state index in [9.17, 15) is 4.79 Å². The van der Waals surface area contributed by atoms with Crippen molar-refractivity contribution < 1.29 is 4.79 Å². The number of nitrogens with zero attached hydrogens (tertiary/aromatic N) is 1. The van der Waals surface area contributed by atoms with E-state index in [1.807, 2.05) is 30.1 Å². The van der Waals surface area contributed by atoms with Gasteiger partial charge in [0.1, 0.15) is 0 Å². The molecule has 108 valence electrons. The molecule has 0 aromatic heterocycles. The Kier molecular flexibility index (Phi) is 4.03. The van der Waals surface area contributed by atoms with Crippen molar-refractivity contribution in [3.63, 3.8) is 0 Å². The number of hydrogen-bond donors (Lipinski definition) is 0. The van der Waals surface area contributed by atoms with Gasteiger partial charge in [0, 0.05) is 13.6 Å². The van der Waals surface area contributed by atoms with Gasteiger partial charge in [-0.05, 0) is 30.7 Å². The van der Waals surface area contributed by atoms with Gasteiger partial charge in [-0.15, -0.1) is 0 Å². The topological polar surface area (TPSA) is 20.3 Å². The molecule has 0 radical (unpaired) electrons. The average molecular weight is 271 g/mol. The van der Waals surface area contributed by atoms with E-state index in [0.29, 0.717) is 12.5 Å². The lowest BCUT2D eigenvalue weighted by Crippen LogP contribution is -2.29. The van der Waals surface area contributed by atoms with Gasteiger partial charge in [-0.25, -0.2) is 0 Å². The summed E-state index contributed by atoms with van der Waals surface area (Å²) >= 11 is 0. The summed E-state index contributed by atoms with van der Waals surface area (Å²) in [6.07, 6.45) is 2.25. The fourth-order valence-corrected chi connectivity index (χ4v) is 2.99. The summed E-state index contributed by atoms with van der Waals surface area (Å²) in [6.45, 7) is 9.27. The molecule has 2 nitrogen and oxygen atoms in total. The fraction of sp³-hybridized carbons (Fsp3) is 0.500. The van der Waals surface area contributed by atoms with Gasteiger partial charge in [0.2, 0.25) is 5.91 Å². The summed E-state index contributed by atoms with van der Waals surface area (Å²) in [5, 5.41) is 0. The maximum atomic E-state index is 12.6. The van der Waals surface area contributed by atoms with Crippen molar-refractivity contribution in [3.8, 4) is 0 Å². The summed E-state index contributed by atoms with van der Waals surface area (Å²) in [4.78, 5) is 14.5. The van der Waals surface area contributed by atoms with E-state index in [-0.39, 0.29) is 17.2 Å². The van der Waals surface area contributed by atoms with Crippen molar-refractivity contribution in [1.82, 2.24) is 4.90 Å². The molecule has 1 aromatic carbocycles. The van der Waals surface area contributed by atoms with Crippen molar-refractivity contribution in [2.75, 3.05) is 7.05 Å². The van der Waals surface area contributed by atoms with Crippen molar-refractivity contribution in [2.24, 2.45) is 17.3 Å². The molecule has 2 unspecified atom stereocenters. The highest BCUT2D eigenvalue weighted by atomic mass is 16.2. The van der Waals surface area contributed by atoms with Gasteiger partial charge < -0.3 is 4.90 Å². The third kappa shape index (κ3) is 2.95. The van der Waals surface area contributed by atoms with E-state index in [1.165, 1.54) is 11.1 Å². The molecular weight excluding hydrogens is 246 g/mol. The molecule has 20 heavy (non-hydrogen) atoms. The zero-order valence-electron chi connectivity index (χ0n) is 13.2. The van der Waals surface area contributed by atoms with Crippen LogP contribution in [-0.4, -0.2) is 17.9 Å². The summed E-state index contributed by atoms with van der Waals surface area (Å²) in [5.74, 6) is 0.783. The predicted molar refractivity (Wildman–Crippen MR) is 83.1 cm³/mol. The lowest BCUT2D eigenvalue weighted by atomic mass is 10.1. The maximum Gasteiger partial charge on any atom is 0.226 e. The minimum Gasteiger partial charge on any atom is -0.341 e. The lowest BCUT2D eigenvalue weighted by molar-refractivity contribution is -0.132. The average Bonchev–Trinajstić information content (AvgIpc) is 2.90. The Hall–Kier alpha value is -1.57. The van der Waals surface area contributed by atoms with Gasteiger partial charge in [0.05, 0.1) is 5.92 Å². The van der Waals surface area contributed by atoms with Crippen molar-refractivity contribution in [2.45, 2.75) is 34.2 Å². The van der Waals surface area contributed by atoms with Gasteiger partial charge in [-0.3, -0.25) is 4.79 Å². The van der Waals surface area contributed by atoms with Gasteiger partial charge in [-0.1, -0.05) is 55.8 Å². The molecule has 1 aliphatic carbocycles. The zero-order chi connectivity index (χ0) is 14.9. The van der Waals surface area contributed by atoms with Crippen molar-refractivity contribution >= 4 is 5.91 Å². The third-order valence-corrected chi connectivity index (χ3v) is 4.33. The molecule has 1 fully saturated rings. The Labute approximate surface area is 122 Å². The zero-order valence-corrected chi connectivity index (χ0v) is 13.2. The molecule has 2 atom stereocenters. The van der Waals surface area contributed by atoms with Crippen LogP contribution in [0.3, 0.4) is 0 Å². The molecule has 2 heteroatoms. The second kappa shape index (κ2) is 5.43. The Balaban J connectivity index is 2.03. The molecule has 1 aliphatic rings. The first kappa shape index (κ1) is 14.8. The van der Waals surface area contributed by atoms with Gasteiger partial charge in [0.25, 0.3) is 0 Å². The standard InChI is InChI=1S/C18H25NO/c1-13(2)11-15-16(18(15,3)4)17(20)19(5)12-14-9-7-6-8-10-14/h6-11,15-16H,12H2,1-5H3. The monoisotopic (exact) mass is 271 g/mol. The molecule has 0 bridgehead atoms. The molecule has 0 N–H and O–H groups in total. The smallest absolute Gasteiger partial charge is 0.226 e. The number of hydrogen-bond acceptors (Lipinski definition) is 1.